The maximum atomic E-state index is 13.1. The first-order chi connectivity index (χ1) is 6.65. The van der Waals surface area contributed by atoms with Crippen molar-refractivity contribution in [3.05, 3.63) is 29.3 Å². The highest BCUT2D eigenvalue weighted by molar-refractivity contribution is 5.93. The van der Waals surface area contributed by atoms with E-state index in [1.807, 2.05) is 6.07 Å². The number of hydrogen-bond acceptors (Lipinski definition) is 3. The first kappa shape index (κ1) is 8.57. The lowest BCUT2D eigenvalue weighted by molar-refractivity contribution is 0.581. The molecule has 14 heavy (non-hydrogen) atoms. The zero-order valence-electron chi connectivity index (χ0n) is 7.47. The first-order valence-corrected chi connectivity index (χ1v) is 4.02. The smallest absolute Gasteiger partial charge is 0.227 e. The van der Waals surface area contributed by atoms with Crippen LogP contribution < -0.4 is 5.73 Å². The van der Waals surface area contributed by atoms with Crippen LogP contribution in [-0.4, -0.2) is 0 Å². The average molecular weight is 190 g/mol. The molecule has 0 atom stereocenters. The summed E-state index contributed by atoms with van der Waals surface area (Å²) in [7, 11) is 0. The molecular formula is C10H7FN2O. The Hall–Kier alpha value is -2.02. The number of nitrogens with two attached hydrogens (primary N) is 1. The molecule has 2 N–H and O–H groups in total. The van der Waals surface area contributed by atoms with Gasteiger partial charge in [0.15, 0.2) is 0 Å². The summed E-state index contributed by atoms with van der Waals surface area (Å²) in [6.07, 6.45) is 0. The van der Waals surface area contributed by atoms with Crippen LogP contribution in [0.2, 0.25) is 0 Å². The molecule has 1 heterocycles. The normalized spacial score (nSPS) is 10.4. The molecule has 0 amide bonds. The van der Waals surface area contributed by atoms with Crippen molar-refractivity contribution in [1.29, 1.82) is 5.26 Å². The number of fused-ring (bicyclic) bond motifs is 1. The monoisotopic (exact) mass is 190 g/mol. The average Bonchev–Trinajstić information content (AvgIpc) is 2.50. The SMILES string of the molecule is Cc1c(F)ccc2c(N)c(C#N)oc12. The number of benzene rings is 1. The maximum Gasteiger partial charge on any atom is 0.227 e. The summed E-state index contributed by atoms with van der Waals surface area (Å²) in [5.41, 5.74) is 6.62. The molecule has 0 saturated heterocycles. The summed E-state index contributed by atoms with van der Waals surface area (Å²) in [6, 6.07) is 4.64. The van der Waals surface area contributed by atoms with Gasteiger partial charge in [0, 0.05) is 10.9 Å². The number of nitrogen functional groups attached to an aromatic ring is 1. The number of aryl methyl sites for hydroxylation is 1. The van der Waals surface area contributed by atoms with Crippen molar-refractivity contribution in [2.45, 2.75) is 6.92 Å². The molecule has 0 aliphatic heterocycles. The molecule has 4 heteroatoms. The van der Waals surface area contributed by atoms with Gasteiger partial charge in [-0.15, -0.1) is 0 Å². The predicted molar refractivity (Wildman–Crippen MR) is 50.0 cm³/mol. The molecule has 2 aromatic rings. The van der Waals surface area contributed by atoms with Gasteiger partial charge < -0.3 is 10.2 Å². The largest absolute Gasteiger partial charge is 0.443 e. The molecule has 0 saturated carbocycles. The van der Waals surface area contributed by atoms with E-state index in [-0.39, 0.29) is 17.3 Å². The molecule has 0 aliphatic rings. The lowest BCUT2D eigenvalue weighted by atomic mass is 10.1. The molecule has 0 aliphatic carbocycles. The third-order valence-corrected chi connectivity index (χ3v) is 2.18. The van der Waals surface area contributed by atoms with Gasteiger partial charge in [0.1, 0.15) is 17.5 Å². The molecule has 1 aromatic carbocycles. The van der Waals surface area contributed by atoms with Crippen LogP contribution in [0.15, 0.2) is 16.5 Å². The Balaban J connectivity index is 2.94. The van der Waals surface area contributed by atoms with Gasteiger partial charge in [-0.25, -0.2) is 4.39 Å². The molecule has 70 valence electrons. The number of nitrogens with zero attached hydrogens (tertiary/aromatic N) is 1. The Morgan fingerprint density at radius 1 is 1.50 bits per heavy atom. The highest BCUT2D eigenvalue weighted by atomic mass is 19.1. The van der Waals surface area contributed by atoms with Crippen LogP contribution in [0.5, 0.6) is 0 Å². The van der Waals surface area contributed by atoms with Crippen molar-refractivity contribution in [1.82, 2.24) is 0 Å². The molecule has 1 aromatic heterocycles. The van der Waals surface area contributed by atoms with Gasteiger partial charge in [0.2, 0.25) is 5.76 Å². The van der Waals surface area contributed by atoms with Crippen LogP contribution in [0.1, 0.15) is 11.3 Å². The van der Waals surface area contributed by atoms with Crippen LogP contribution in [0.4, 0.5) is 10.1 Å². The van der Waals surface area contributed by atoms with E-state index < -0.39 is 0 Å². The molecule has 2 rings (SSSR count). The predicted octanol–water partition coefficient (Wildman–Crippen LogP) is 2.33. The van der Waals surface area contributed by atoms with Gasteiger partial charge in [0.05, 0.1) is 5.69 Å². The fourth-order valence-electron chi connectivity index (χ4n) is 1.37. The van der Waals surface area contributed by atoms with Crippen LogP contribution in [-0.2, 0) is 0 Å². The Morgan fingerprint density at radius 3 is 2.86 bits per heavy atom. The quantitative estimate of drug-likeness (QED) is 0.693. The van der Waals surface area contributed by atoms with Crippen molar-refractivity contribution < 1.29 is 8.81 Å². The second-order valence-electron chi connectivity index (χ2n) is 3.01. The Bertz CT molecular complexity index is 551. The van der Waals surface area contributed by atoms with Crippen molar-refractivity contribution in [2.75, 3.05) is 5.73 Å². The highest BCUT2D eigenvalue weighted by Crippen LogP contribution is 2.30. The Kier molecular flexibility index (Phi) is 1.68. The molecule has 0 bridgehead atoms. The third-order valence-electron chi connectivity index (χ3n) is 2.18. The van der Waals surface area contributed by atoms with Gasteiger partial charge >= 0.3 is 0 Å². The van der Waals surface area contributed by atoms with E-state index in [9.17, 15) is 4.39 Å². The van der Waals surface area contributed by atoms with Crippen molar-refractivity contribution in [2.24, 2.45) is 0 Å². The van der Waals surface area contributed by atoms with Gasteiger partial charge in [0.25, 0.3) is 0 Å². The number of nitriles is 1. The van der Waals surface area contributed by atoms with E-state index in [0.717, 1.165) is 0 Å². The fraction of sp³-hybridized carbons (Fsp3) is 0.100. The van der Waals surface area contributed by atoms with Gasteiger partial charge in [-0.1, -0.05) is 0 Å². The lowest BCUT2D eigenvalue weighted by Gasteiger charge is -1.95. The third kappa shape index (κ3) is 0.958. The zero-order valence-corrected chi connectivity index (χ0v) is 7.47. The summed E-state index contributed by atoms with van der Waals surface area (Å²) in [5, 5.41) is 9.25. The van der Waals surface area contributed by atoms with Gasteiger partial charge in [-0.2, -0.15) is 5.26 Å². The van der Waals surface area contributed by atoms with Crippen molar-refractivity contribution >= 4 is 16.7 Å². The molecule has 3 nitrogen and oxygen atoms in total. The zero-order chi connectivity index (χ0) is 10.3. The fourth-order valence-corrected chi connectivity index (χ4v) is 1.37. The highest BCUT2D eigenvalue weighted by Gasteiger charge is 2.14. The molecule has 0 unspecified atom stereocenters. The minimum absolute atomic E-state index is 0.0358. The van der Waals surface area contributed by atoms with E-state index >= 15 is 0 Å². The number of furan rings is 1. The number of hydrogen-bond donors (Lipinski definition) is 1. The van der Waals surface area contributed by atoms with Crippen LogP contribution in [0, 0.1) is 24.1 Å². The van der Waals surface area contributed by atoms with Crippen LogP contribution in [0.25, 0.3) is 11.0 Å². The van der Waals surface area contributed by atoms with Crippen LogP contribution >= 0.6 is 0 Å². The van der Waals surface area contributed by atoms with E-state index in [4.69, 9.17) is 15.4 Å². The number of halogens is 1. The summed E-state index contributed by atoms with van der Waals surface area (Å²) >= 11 is 0. The van der Waals surface area contributed by atoms with Gasteiger partial charge in [-0.05, 0) is 19.1 Å². The van der Waals surface area contributed by atoms with Crippen LogP contribution in [0.3, 0.4) is 0 Å². The minimum atomic E-state index is -0.365. The summed E-state index contributed by atoms with van der Waals surface area (Å²) in [6.45, 7) is 1.59. The van der Waals surface area contributed by atoms with Crippen molar-refractivity contribution in [3.63, 3.8) is 0 Å². The van der Waals surface area contributed by atoms with E-state index in [0.29, 0.717) is 16.5 Å². The Morgan fingerprint density at radius 2 is 2.21 bits per heavy atom. The number of rotatable bonds is 0. The molecule has 0 radical (unpaired) electrons. The summed E-state index contributed by atoms with van der Waals surface area (Å²) < 4.78 is 18.2. The summed E-state index contributed by atoms with van der Waals surface area (Å²) in [5.74, 6) is -0.329. The van der Waals surface area contributed by atoms with Crippen molar-refractivity contribution in [3.8, 4) is 6.07 Å². The molecular weight excluding hydrogens is 183 g/mol. The summed E-state index contributed by atoms with van der Waals surface area (Å²) in [4.78, 5) is 0. The molecule has 0 spiro atoms. The standard InChI is InChI=1S/C10H7FN2O/c1-5-7(11)3-2-6-9(13)8(4-12)14-10(5)6/h2-3H,13H2,1H3. The lowest BCUT2D eigenvalue weighted by Crippen LogP contribution is -1.86. The topological polar surface area (TPSA) is 63.0 Å². The van der Waals surface area contributed by atoms with E-state index in [1.54, 1.807) is 6.92 Å². The second-order valence-corrected chi connectivity index (χ2v) is 3.01. The maximum absolute atomic E-state index is 13.1. The Labute approximate surface area is 79.5 Å². The van der Waals surface area contributed by atoms with E-state index in [2.05, 4.69) is 0 Å². The second kappa shape index (κ2) is 2.74. The number of anilines is 1. The van der Waals surface area contributed by atoms with E-state index in [1.165, 1.54) is 12.1 Å². The van der Waals surface area contributed by atoms with Gasteiger partial charge in [-0.3, -0.25) is 0 Å². The molecule has 0 fully saturated rings. The first-order valence-electron chi connectivity index (χ1n) is 4.02. The minimum Gasteiger partial charge on any atom is -0.443 e.